The van der Waals surface area contributed by atoms with Gasteiger partial charge in [-0.25, -0.2) is 19.9 Å². The van der Waals surface area contributed by atoms with Gasteiger partial charge in [-0.15, -0.1) is 0 Å². The number of ether oxygens (including phenoxy) is 2. The number of benzene rings is 6. The molecular weight excluding hydrogens is 767 g/mol. The molecule has 296 valence electrons. The Bertz CT molecular complexity index is 3630. The molecule has 0 fully saturated rings. The smallest absolute Gasteiger partial charge is 0.234 e. The molecule has 1 atom stereocenters. The van der Waals surface area contributed by atoms with E-state index < -0.39 is 12.7 Å². The Kier molecular flexibility index (Phi) is 7.22. The summed E-state index contributed by atoms with van der Waals surface area (Å²) in [5.74, 6) is 2.42. The minimum atomic E-state index is -2.59. The Labute approximate surface area is 361 Å². The molecule has 6 heterocycles. The molecule has 12 rings (SSSR count). The van der Waals surface area contributed by atoms with E-state index in [1.165, 1.54) is 19.3 Å². The average Bonchev–Trinajstić information content (AvgIpc) is 3.96. The van der Waals surface area contributed by atoms with E-state index in [1.54, 1.807) is 12.4 Å². The zero-order valence-electron chi connectivity index (χ0n) is 37.3. The number of hydrogen-bond acceptors (Lipinski definition) is 6. The first-order chi connectivity index (χ1) is 32.1. The summed E-state index contributed by atoms with van der Waals surface area (Å²) < 4.78 is 52.3. The average molecular weight is 808 g/mol. The zero-order chi connectivity index (χ0) is 44.7. The lowest BCUT2D eigenvalue weighted by molar-refractivity contribution is 0.484. The number of aromatic nitrogens is 7. The van der Waals surface area contributed by atoms with Crippen LogP contribution in [0.3, 0.4) is 0 Å². The van der Waals surface area contributed by atoms with Crippen molar-refractivity contribution in [2.24, 2.45) is 0 Å². The maximum atomic E-state index is 8.69. The van der Waals surface area contributed by atoms with Crippen LogP contribution in [0.25, 0.3) is 83.0 Å². The summed E-state index contributed by atoms with van der Waals surface area (Å²) in [7, 11) is 0. The summed E-state index contributed by atoms with van der Waals surface area (Å²) in [5.41, 5.74) is 5.68. The first-order valence-electron chi connectivity index (χ1n) is 22.3. The van der Waals surface area contributed by atoms with Gasteiger partial charge in [0.1, 0.15) is 34.6 Å². The van der Waals surface area contributed by atoms with E-state index >= 15 is 0 Å². The highest BCUT2D eigenvalue weighted by Gasteiger charge is 2.19. The molecule has 6 aromatic heterocycles. The first kappa shape index (κ1) is 31.6. The van der Waals surface area contributed by atoms with Gasteiger partial charge in [0.05, 0.1) is 33.1 Å². The second-order valence-corrected chi connectivity index (χ2v) is 15.2. The van der Waals surface area contributed by atoms with E-state index in [4.69, 9.17) is 24.9 Å². The quantitative estimate of drug-likeness (QED) is 0.152. The van der Waals surface area contributed by atoms with E-state index in [-0.39, 0.29) is 11.5 Å². The van der Waals surface area contributed by atoms with Crippen LogP contribution in [0.1, 0.15) is 30.7 Å². The number of hydrogen-bond donors (Lipinski definition) is 0. The van der Waals surface area contributed by atoms with Gasteiger partial charge in [-0.3, -0.25) is 13.7 Å². The lowest BCUT2D eigenvalue weighted by atomic mass is 10.1. The topological polar surface area (TPSA) is 84.8 Å². The number of fused-ring (bicyclic) bond motifs is 9. The Morgan fingerprint density at radius 3 is 1.23 bits per heavy atom. The normalized spacial score (nSPS) is 14.0. The van der Waals surface area contributed by atoms with Gasteiger partial charge in [-0.05, 0) is 96.4 Å². The molecule has 0 bridgehead atoms. The van der Waals surface area contributed by atoms with Crippen LogP contribution in [0, 0.1) is 0 Å². The number of para-hydroxylation sites is 2. The van der Waals surface area contributed by atoms with Crippen molar-refractivity contribution in [3.05, 3.63) is 188 Å². The van der Waals surface area contributed by atoms with Crippen LogP contribution in [0.2, 0.25) is 0 Å². The Morgan fingerprint density at radius 1 is 0.435 bits per heavy atom. The van der Waals surface area contributed by atoms with Crippen molar-refractivity contribution >= 4 is 65.4 Å². The highest BCUT2D eigenvalue weighted by Crippen LogP contribution is 2.40. The van der Waals surface area contributed by atoms with Crippen LogP contribution >= 0.6 is 0 Å². The largest absolute Gasteiger partial charge is 0.457 e. The van der Waals surface area contributed by atoms with Crippen molar-refractivity contribution in [3.8, 4) is 40.6 Å². The fourth-order valence-corrected chi connectivity index (χ4v) is 8.72. The van der Waals surface area contributed by atoms with Crippen molar-refractivity contribution < 1.29 is 15.0 Å². The van der Waals surface area contributed by atoms with Crippen LogP contribution in [0.5, 0.6) is 23.0 Å². The van der Waals surface area contributed by atoms with E-state index in [9.17, 15) is 0 Å². The minimum absolute atomic E-state index is 0.178. The summed E-state index contributed by atoms with van der Waals surface area (Å²) in [6.07, 6.45) is 6.43. The molecule has 0 radical (unpaired) electrons. The fourth-order valence-electron chi connectivity index (χ4n) is 8.72. The van der Waals surface area contributed by atoms with Crippen molar-refractivity contribution in [1.82, 2.24) is 33.6 Å². The van der Waals surface area contributed by atoms with E-state index in [1.807, 2.05) is 126 Å². The van der Waals surface area contributed by atoms with Gasteiger partial charge < -0.3 is 9.47 Å². The third-order valence-electron chi connectivity index (χ3n) is 11.5. The second-order valence-electron chi connectivity index (χ2n) is 15.2. The van der Waals surface area contributed by atoms with Gasteiger partial charge >= 0.3 is 0 Å². The third kappa shape index (κ3) is 5.77. The summed E-state index contributed by atoms with van der Waals surface area (Å²) >= 11 is 0. The van der Waals surface area contributed by atoms with Crippen LogP contribution in [0.15, 0.2) is 183 Å². The standard InChI is InChI=1S/C53H37N7O2/c1-33(2)34-31-56-53(57-32-34)60-49-29-37(61-35-17-21-41-39-11-3-5-13-45(39)58(47(41)27-35)51-15-7-9-25-54-51)19-23-43(49)44-24-20-38(30-50(44)60)62-36-18-22-42-40-12-4-6-14-46(40)59(48(42)28-36)52-16-8-10-26-55-52/h3-33H,1-2H3/i1D3,33D. The molecule has 6 aromatic carbocycles. The summed E-state index contributed by atoms with van der Waals surface area (Å²) in [6, 6.07) is 52.3. The van der Waals surface area contributed by atoms with Crippen molar-refractivity contribution in [2.75, 3.05) is 0 Å². The molecule has 0 spiro atoms. The monoisotopic (exact) mass is 807 g/mol. The van der Waals surface area contributed by atoms with E-state index in [0.717, 1.165) is 77.1 Å². The molecule has 0 aliphatic carbocycles. The molecule has 0 aliphatic rings. The van der Waals surface area contributed by atoms with Crippen molar-refractivity contribution in [1.29, 1.82) is 0 Å². The predicted octanol–water partition coefficient (Wildman–Crippen LogP) is 13.3. The summed E-state index contributed by atoms with van der Waals surface area (Å²) in [6.45, 7) is -1.24. The van der Waals surface area contributed by atoms with E-state index in [0.29, 0.717) is 23.0 Å². The fraction of sp³-hybridized carbons (Fsp3) is 0.0566. The SMILES string of the molecule is [2H]C([2H])([2H])C([2H])(C)c1cnc(-n2c3cc(Oc4ccc5c6ccccc6n(-c6ccccn6)c5c4)ccc3c3ccc(Oc4ccc5c6ccccc6n(-c6ccccn6)c5c4)cc32)nc1. The Morgan fingerprint density at radius 2 is 0.823 bits per heavy atom. The minimum Gasteiger partial charge on any atom is -0.457 e. The maximum Gasteiger partial charge on any atom is 0.234 e. The predicted molar refractivity (Wildman–Crippen MR) is 248 cm³/mol. The molecule has 0 saturated heterocycles. The molecule has 12 aromatic rings. The molecule has 0 aliphatic heterocycles. The van der Waals surface area contributed by atoms with Gasteiger partial charge in [-0.2, -0.15) is 0 Å². The molecule has 0 amide bonds. The molecule has 1 unspecified atom stereocenters. The molecule has 0 saturated carbocycles. The highest BCUT2D eigenvalue weighted by atomic mass is 16.5. The molecule has 62 heavy (non-hydrogen) atoms. The van der Waals surface area contributed by atoms with Crippen molar-refractivity contribution in [2.45, 2.75) is 19.7 Å². The third-order valence-corrected chi connectivity index (χ3v) is 11.5. The lowest BCUT2D eigenvalue weighted by Gasteiger charge is -2.11. The lowest BCUT2D eigenvalue weighted by Crippen LogP contribution is -2.02. The van der Waals surface area contributed by atoms with Crippen LogP contribution < -0.4 is 9.47 Å². The molecular formula is C53H37N7O2. The van der Waals surface area contributed by atoms with Gasteiger partial charge in [0.15, 0.2) is 0 Å². The highest BCUT2D eigenvalue weighted by molar-refractivity contribution is 6.11. The number of nitrogens with zero attached hydrogens (tertiary/aromatic N) is 7. The van der Waals surface area contributed by atoms with Crippen LogP contribution in [-0.2, 0) is 0 Å². The molecule has 9 nitrogen and oxygen atoms in total. The van der Waals surface area contributed by atoms with Crippen LogP contribution in [-0.4, -0.2) is 33.6 Å². The number of rotatable bonds is 8. The van der Waals surface area contributed by atoms with Gasteiger partial charge in [0.2, 0.25) is 5.95 Å². The van der Waals surface area contributed by atoms with E-state index in [2.05, 4.69) is 55.5 Å². The van der Waals surface area contributed by atoms with Gasteiger partial charge in [0, 0.05) is 86.9 Å². The van der Waals surface area contributed by atoms with Gasteiger partial charge in [0.25, 0.3) is 0 Å². The maximum absolute atomic E-state index is 8.69. The number of pyridine rings is 2. The zero-order valence-corrected chi connectivity index (χ0v) is 33.3. The molecule has 9 heteroatoms. The first-order valence-corrected chi connectivity index (χ1v) is 20.3. The Hall–Kier alpha value is -8.30. The van der Waals surface area contributed by atoms with Crippen molar-refractivity contribution in [3.63, 3.8) is 0 Å². The molecule has 0 N–H and O–H groups in total. The van der Waals surface area contributed by atoms with Gasteiger partial charge in [-0.1, -0.05) is 62.3 Å². The summed E-state index contributed by atoms with van der Waals surface area (Å²) in [4.78, 5) is 18.8. The van der Waals surface area contributed by atoms with Crippen LogP contribution in [0.4, 0.5) is 0 Å². The Balaban J connectivity index is 0.978. The second kappa shape index (κ2) is 14.2. The summed E-state index contributed by atoms with van der Waals surface area (Å²) in [5, 5.41) is 6.21.